The van der Waals surface area contributed by atoms with Gasteiger partial charge in [-0.3, -0.25) is 10.00 Å². The van der Waals surface area contributed by atoms with Crippen LogP contribution in [0, 0.1) is 5.82 Å². The van der Waals surface area contributed by atoms with Crippen molar-refractivity contribution in [1.82, 2.24) is 25.1 Å². The van der Waals surface area contributed by atoms with Gasteiger partial charge in [0.2, 0.25) is 6.79 Å². The van der Waals surface area contributed by atoms with E-state index in [1.165, 1.54) is 12.1 Å². The first kappa shape index (κ1) is 17.5. The van der Waals surface area contributed by atoms with E-state index in [-0.39, 0.29) is 18.7 Å². The minimum absolute atomic E-state index is 0.167. The van der Waals surface area contributed by atoms with Crippen molar-refractivity contribution in [3.8, 4) is 22.8 Å². The number of H-pyrrole nitrogens is 2. The average Bonchev–Trinajstić information content (AvgIpc) is 3.53. The molecular formula is C22H20FN5O2. The Morgan fingerprint density at radius 1 is 1.13 bits per heavy atom. The van der Waals surface area contributed by atoms with E-state index in [9.17, 15) is 4.39 Å². The van der Waals surface area contributed by atoms with E-state index in [0.717, 1.165) is 71.1 Å². The molecule has 0 radical (unpaired) electrons. The Labute approximate surface area is 171 Å². The van der Waals surface area contributed by atoms with Crippen LogP contribution in [0.3, 0.4) is 0 Å². The van der Waals surface area contributed by atoms with Gasteiger partial charge in [0, 0.05) is 17.7 Å². The highest BCUT2D eigenvalue weighted by atomic mass is 19.1. The molecule has 1 saturated heterocycles. The molecule has 152 valence electrons. The maximum Gasteiger partial charge on any atom is 0.231 e. The van der Waals surface area contributed by atoms with E-state index in [2.05, 4.69) is 20.1 Å². The van der Waals surface area contributed by atoms with Crippen molar-refractivity contribution in [3.05, 3.63) is 59.8 Å². The van der Waals surface area contributed by atoms with Crippen molar-refractivity contribution in [3.63, 3.8) is 0 Å². The molecule has 1 unspecified atom stereocenters. The van der Waals surface area contributed by atoms with E-state index >= 15 is 0 Å². The van der Waals surface area contributed by atoms with Gasteiger partial charge in [-0.1, -0.05) is 0 Å². The number of likely N-dealkylation sites (tertiary alicyclic amines) is 1. The number of rotatable bonds is 4. The van der Waals surface area contributed by atoms with Gasteiger partial charge in [0.05, 0.1) is 29.0 Å². The molecule has 2 aliphatic heterocycles. The van der Waals surface area contributed by atoms with E-state index in [1.54, 1.807) is 6.07 Å². The predicted octanol–water partition coefficient (Wildman–Crippen LogP) is 4.16. The summed E-state index contributed by atoms with van der Waals surface area (Å²) in [6, 6.07) is 10.8. The monoisotopic (exact) mass is 405 g/mol. The molecule has 2 aromatic heterocycles. The SMILES string of the molecule is Fc1ccc2nc(C3CCCN3Cc3cn[nH]c3-c3ccc4c(c3)OCO4)[nH]c2c1. The maximum absolute atomic E-state index is 13.6. The summed E-state index contributed by atoms with van der Waals surface area (Å²) in [6.45, 7) is 1.98. The molecule has 8 heteroatoms. The second-order valence-electron chi connectivity index (χ2n) is 7.75. The lowest BCUT2D eigenvalue weighted by molar-refractivity contribution is 0.174. The van der Waals surface area contributed by atoms with Crippen LogP contribution in [0.1, 0.15) is 30.3 Å². The quantitative estimate of drug-likeness (QED) is 0.533. The lowest BCUT2D eigenvalue weighted by Crippen LogP contribution is -2.23. The van der Waals surface area contributed by atoms with E-state index in [1.807, 2.05) is 24.4 Å². The van der Waals surface area contributed by atoms with Crippen molar-refractivity contribution in [1.29, 1.82) is 0 Å². The largest absolute Gasteiger partial charge is 0.454 e. The molecule has 1 fully saturated rings. The Bertz CT molecular complexity index is 1230. The number of aromatic amines is 2. The molecule has 2 aromatic carbocycles. The van der Waals surface area contributed by atoms with Crippen LogP contribution in [0.25, 0.3) is 22.3 Å². The van der Waals surface area contributed by atoms with Crippen LogP contribution in [0.4, 0.5) is 4.39 Å². The minimum atomic E-state index is -0.257. The third kappa shape index (κ3) is 2.91. The number of aromatic nitrogens is 4. The topological polar surface area (TPSA) is 79.1 Å². The molecule has 0 amide bonds. The highest BCUT2D eigenvalue weighted by molar-refractivity contribution is 5.75. The fraction of sp³-hybridized carbons (Fsp3) is 0.273. The zero-order valence-electron chi connectivity index (χ0n) is 16.2. The summed E-state index contributed by atoms with van der Waals surface area (Å²) in [5, 5.41) is 7.42. The van der Waals surface area contributed by atoms with Gasteiger partial charge in [-0.2, -0.15) is 5.10 Å². The molecule has 2 aliphatic rings. The Morgan fingerprint density at radius 3 is 3.03 bits per heavy atom. The van der Waals surface area contributed by atoms with Crippen LogP contribution in [0.15, 0.2) is 42.6 Å². The third-order valence-electron chi connectivity index (χ3n) is 5.89. The summed E-state index contributed by atoms with van der Waals surface area (Å²) in [5.74, 6) is 2.15. The third-order valence-corrected chi connectivity index (χ3v) is 5.89. The first-order valence-electron chi connectivity index (χ1n) is 10.1. The zero-order chi connectivity index (χ0) is 20.1. The van der Waals surface area contributed by atoms with Crippen LogP contribution in [-0.4, -0.2) is 38.4 Å². The van der Waals surface area contributed by atoms with Crippen LogP contribution >= 0.6 is 0 Å². The van der Waals surface area contributed by atoms with E-state index in [4.69, 9.17) is 14.5 Å². The van der Waals surface area contributed by atoms with Gasteiger partial charge in [-0.15, -0.1) is 0 Å². The minimum Gasteiger partial charge on any atom is -0.454 e. The summed E-state index contributed by atoms with van der Waals surface area (Å²) in [5.41, 5.74) is 4.64. The number of imidazole rings is 1. The number of nitrogens with zero attached hydrogens (tertiary/aromatic N) is 3. The Kier molecular flexibility index (Phi) is 3.98. The molecule has 4 heterocycles. The van der Waals surface area contributed by atoms with Crippen molar-refractivity contribution >= 4 is 11.0 Å². The molecule has 1 atom stereocenters. The van der Waals surface area contributed by atoms with Gasteiger partial charge < -0.3 is 14.5 Å². The molecule has 0 spiro atoms. The maximum atomic E-state index is 13.6. The summed E-state index contributed by atoms with van der Waals surface area (Å²) < 4.78 is 24.5. The first-order chi connectivity index (χ1) is 14.7. The Hall–Kier alpha value is -3.39. The van der Waals surface area contributed by atoms with Gasteiger partial charge in [-0.25, -0.2) is 9.37 Å². The van der Waals surface area contributed by atoms with Crippen LogP contribution in [0.2, 0.25) is 0 Å². The molecule has 0 bridgehead atoms. The second kappa shape index (κ2) is 6.84. The zero-order valence-corrected chi connectivity index (χ0v) is 16.2. The molecule has 7 nitrogen and oxygen atoms in total. The lowest BCUT2D eigenvalue weighted by atomic mass is 10.1. The highest BCUT2D eigenvalue weighted by Gasteiger charge is 2.29. The van der Waals surface area contributed by atoms with Crippen LogP contribution in [-0.2, 0) is 6.54 Å². The standard InChI is InChI=1S/C22H20FN5O2/c23-15-4-5-16-17(9-15)26-22(25-16)18-2-1-7-28(18)11-14-10-24-27-21(14)13-3-6-19-20(8-13)30-12-29-19/h3-6,8-10,18H,1-2,7,11-12H2,(H,24,27)(H,25,26). The lowest BCUT2D eigenvalue weighted by Gasteiger charge is -2.22. The second-order valence-corrected chi connectivity index (χ2v) is 7.75. The highest BCUT2D eigenvalue weighted by Crippen LogP contribution is 2.38. The molecule has 4 aromatic rings. The number of nitrogens with one attached hydrogen (secondary N) is 2. The predicted molar refractivity (Wildman–Crippen MR) is 109 cm³/mol. The number of halogens is 1. The number of fused-ring (bicyclic) bond motifs is 2. The van der Waals surface area contributed by atoms with Crippen molar-refractivity contribution in [2.24, 2.45) is 0 Å². The summed E-state index contributed by atoms with van der Waals surface area (Å²) in [4.78, 5) is 10.4. The number of ether oxygens (including phenoxy) is 2. The number of benzene rings is 2. The molecular weight excluding hydrogens is 385 g/mol. The smallest absolute Gasteiger partial charge is 0.231 e. The van der Waals surface area contributed by atoms with Gasteiger partial charge in [0.1, 0.15) is 11.6 Å². The Morgan fingerprint density at radius 2 is 2.07 bits per heavy atom. The summed E-state index contributed by atoms with van der Waals surface area (Å²) in [6.07, 6.45) is 3.98. The Balaban J connectivity index is 1.28. The molecule has 0 aliphatic carbocycles. The summed E-state index contributed by atoms with van der Waals surface area (Å²) >= 11 is 0. The summed E-state index contributed by atoms with van der Waals surface area (Å²) in [7, 11) is 0. The van der Waals surface area contributed by atoms with Crippen LogP contribution in [0.5, 0.6) is 11.5 Å². The van der Waals surface area contributed by atoms with Gasteiger partial charge in [-0.05, 0) is 55.8 Å². The van der Waals surface area contributed by atoms with E-state index < -0.39 is 0 Å². The molecule has 2 N–H and O–H groups in total. The van der Waals surface area contributed by atoms with E-state index in [0.29, 0.717) is 0 Å². The van der Waals surface area contributed by atoms with Crippen molar-refractivity contribution in [2.75, 3.05) is 13.3 Å². The van der Waals surface area contributed by atoms with Gasteiger partial charge in [0.15, 0.2) is 11.5 Å². The van der Waals surface area contributed by atoms with Crippen molar-refractivity contribution in [2.45, 2.75) is 25.4 Å². The average molecular weight is 405 g/mol. The normalized spacial score (nSPS) is 18.5. The van der Waals surface area contributed by atoms with Gasteiger partial charge >= 0.3 is 0 Å². The molecule has 0 saturated carbocycles. The molecule has 30 heavy (non-hydrogen) atoms. The number of hydrogen-bond donors (Lipinski definition) is 2. The first-order valence-corrected chi connectivity index (χ1v) is 10.1. The van der Waals surface area contributed by atoms with Crippen LogP contribution < -0.4 is 9.47 Å². The fourth-order valence-corrected chi connectivity index (χ4v) is 4.44. The van der Waals surface area contributed by atoms with Gasteiger partial charge in [0.25, 0.3) is 0 Å². The molecule has 6 rings (SSSR count). The van der Waals surface area contributed by atoms with Crippen molar-refractivity contribution < 1.29 is 13.9 Å². The number of hydrogen-bond acceptors (Lipinski definition) is 5. The fourth-order valence-electron chi connectivity index (χ4n) is 4.44.